The van der Waals surface area contributed by atoms with E-state index in [2.05, 4.69) is 202 Å². The number of nitrogens with one attached hydrogen (secondary N) is 1. The zero-order chi connectivity index (χ0) is 36.8. The van der Waals surface area contributed by atoms with Gasteiger partial charge in [0.1, 0.15) is 0 Å². The highest BCUT2D eigenvalue weighted by molar-refractivity contribution is 6.18. The summed E-state index contributed by atoms with van der Waals surface area (Å²) in [7, 11) is 0. The number of nitrogens with zero attached hydrogens (tertiary/aromatic N) is 3. The van der Waals surface area contributed by atoms with Crippen LogP contribution in [0.3, 0.4) is 0 Å². The number of rotatable bonds is 5. The molecule has 4 nitrogen and oxygen atoms in total. The molecular weight excluding hydrogens is 681 g/mol. The van der Waals surface area contributed by atoms with Crippen molar-refractivity contribution >= 4 is 43.7 Å². The molecule has 56 heavy (non-hydrogen) atoms. The summed E-state index contributed by atoms with van der Waals surface area (Å²) in [6, 6.07) is 68.4. The van der Waals surface area contributed by atoms with Gasteiger partial charge in [-0.15, -0.1) is 0 Å². The molecule has 4 aromatic heterocycles. The third-order valence-electron chi connectivity index (χ3n) is 12.1. The predicted molar refractivity (Wildman–Crippen MR) is 230 cm³/mol. The molecule has 0 unspecified atom stereocenters. The highest BCUT2D eigenvalue weighted by atomic mass is 15.0. The number of benzene rings is 7. The monoisotopic (exact) mass is 714 g/mol. The van der Waals surface area contributed by atoms with Gasteiger partial charge < -0.3 is 14.1 Å². The van der Waals surface area contributed by atoms with Crippen LogP contribution in [0.1, 0.15) is 22.4 Å². The molecule has 0 fully saturated rings. The van der Waals surface area contributed by atoms with E-state index in [0.717, 1.165) is 33.3 Å². The van der Waals surface area contributed by atoms with E-state index in [0.29, 0.717) is 0 Å². The average Bonchev–Trinajstić information content (AvgIpc) is 4.03. The van der Waals surface area contributed by atoms with Crippen LogP contribution < -0.4 is 0 Å². The maximum Gasteiger partial charge on any atom is 0.0963 e. The Bertz CT molecular complexity index is 3180. The van der Waals surface area contributed by atoms with Gasteiger partial charge in [-0.2, -0.15) is 0 Å². The van der Waals surface area contributed by atoms with Crippen LogP contribution in [0, 0.1) is 0 Å². The van der Waals surface area contributed by atoms with Crippen molar-refractivity contribution in [2.24, 2.45) is 0 Å². The van der Waals surface area contributed by atoms with Gasteiger partial charge in [0.2, 0.25) is 0 Å². The Hall–Kier alpha value is -7.43. The summed E-state index contributed by atoms with van der Waals surface area (Å²) in [6.45, 7) is 0. The molecule has 0 radical (unpaired) electrons. The molecular formula is C52H34N4. The van der Waals surface area contributed by atoms with Crippen LogP contribution in [0.15, 0.2) is 200 Å². The average molecular weight is 715 g/mol. The van der Waals surface area contributed by atoms with Gasteiger partial charge in [-0.1, -0.05) is 127 Å². The van der Waals surface area contributed by atoms with Crippen molar-refractivity contribution in [3.05, 3.63) is 223 Å². The molecule has 0 saturated carbocycles. The second-order valence-electron chi connectivity index (χ2n) is 14.8. The number of hydrogen-bond donors (Lipinski definition) is 1. The van der Waals surface area contributed by atoms with E-state index < -0.39 is 5.41 Å². The van der Waals surface area contributed by atoms with E-state index in [1.165, 1.54) is 66.4 Å². The zero-order valence-corrected chi connectivity index (χ0v) is 30.4. The van der Waals surface area contributed by atoms with Crippen LogP contribution in [-0.2, 0) is 5.41 Å². The molecule has 1 N–H and O–H groups in total. The SMILES string of the molecule is c1ccc(C2(c3ccccc3)c3ccc4c(c3-c3cc[nH]c32)c2ccccc2n4-c2ccc(-c3ccc(-n4c5ccccc5c5ncccc54)cc3)cc2)cc1. The van der Waals surface area contributed by atoms with Crippen LogP contribution in [-0.4, -0.2) is 19.1 Å². The van der Waals surface area contributed by atoms with Gasteiger partial charge in [-0.05, 0) is 94.0 Å². The molecule has 0 saturated heterocycles. The molecule has 11 aromatic rings. The Morgan fingerprint density at radius 1 is 0.446 bits per heavy atom. The third-order valence-corrected chi connectivity index (χ3v) is 12.1. The molecule has 4 heteroatoms. The molecule has 1 aliphatic rings. The van der Waals surface area contributed by atoms with Gasteiger partial charge in [-0.3, -0.25) is 4.98 Å². The smallest absolute Gasteiger partial charge is 0.0963 e. The van der Waals surface area contributed by atoms with Gasteiger partial charge in [0.15, 0.2) is 0 Å². The molecule has 0 amide bonds. The van der Waals surface area contributed by atoms with Crippen molar-refractivity contribution in [1.29, 1.82) is 0 Å². The number of pyridine rings is 1. The van der Waals surface area contributed by atoms with E-state index in [1.54, 1.807) is 0 Å². The second-order valence-corrected chi connectivity index (χ2v) is 14.8. The zero-order valence-electron chi connectivity index (χ0n) is 30.4. The Labute approximate surface area is 323 Å². The summed E-state index contributed by atoms with van der Waals surface area (Å²) in [6.07, 6.45) is 3.98. The molecule has 0 spiro atoms. The second kappa shape index (κ2) is 11.8. The maximum atomic E-state index is 4.72. The molecule has 7 aromatic carbocycles. The minimum absolute atomic E-state index is 0.469. The molecule has 262 valence electrons. The van der Waals surface area contributed by atoms with Crippen LogP contribution in [0.2, 0.25) is 0 Å². The fourth-order valence-corrected chi connectivity index (χ4v) is 9.76. The van der Waals surface area contributed by atoms with E-state index >= 15 is 0 Å². The fraction of sp³-hybridized carbons (Fsp3) is 0.0192. The quantitative estimate of drug-likeness (QED) is 0.189. The van der Waals surface area contributed by atoms with Gasteiger partial charge in [0.05, 0.1) is 33.0 Å². The summed E-state index contributed by atoms with van der Waals surface area (Å²) in [4.78, 5) is 8.46. The molecule has 12 rings (SSSR count). The number of aromatic amines is 1. The van der Waals surface area contributed by atoms with Crippen LogP contribution >= 0.6 is 0 Å². The van der Waals surface area contributed by atoms with Crippen LogP contribution in [0.25, 0.3) is 77.4 Å². The first-order chi connectivity index (χ1) is 27.8. The van der Waals surface area contributed by atoms with Crippen LogP contribution in [0.4, 0.5) is 0 Å². The Morgan fingerprint density at radius 2 is 1.00 bits per heavy atom. The van der Waals surface area contributed by atoms with Crippen LogP contribution in [0.5, 0.6) is 0 Å². The van der Waals surface area contributed by atoms with Crippen molar-refractivity contribution in [3.8, 4) is 33.6 Å². The van der Waals surface area contributed by atoms with Gasteiger partial charge in [0.25, 0.3) is 0 Å². The standard InChI is InChI=1S/C52H34N4/c1-3-12-36(13-4-1)52(37-14-5-2-6-15-37)43-29-30-46-49(48(43)42-31-33-54-51(42)52)40-16-7-9-18-44(40)55(46)38-25-21-34(22-26-38)35-23-27-39(28-24-35)56-45-19-10-8-17-41(45)50-47(56)20-11-32-53-50/h1-33,54H. The number of hydrogen-bond acceptors (Lipinski definition) is 1. The largest absolute Gasteiger partial charge is 0.363 e. The normalized spacial score (nSPS) is 13.1. The fourth-order valence-electron chi connectivity index (χ4n) is 9.76. The van der Waals surface area contributed by atoms with Crippen molar-refractivity contribution in [2.75, 3.05) is 0 Å². The van der Waals surface area contributed by atoms with Gasteiger partial charge in [0, 0.05) is 51.2 Å². The van der Waals surface area contributed by atoms with Crippen molar-refractivity contribution < 1.29 is 0 Å². The van der Waals surface area contributed by atoms with Crippen molar-refractivity contribution in [1.82, 2.24) is 19.1 Å². The predicted octanol–water partition coefficient (Wildman–Crippen LogP) is 12.6. The summed E-state index contributed by atoms with van der Waals surface area (Å²) in [5.74, 6) is 0. The Balaban J connectivity index is 0.997. The molecule has 0 aliphatic heterocycles. The highest BCUT2D eigenvalue weighted by Crippen LogP contribution is 2.58. The summed E-state index contributed by atoms with van der Waals surface area (Å²) >= 11 is 0. The van der Waals surface area contributed by atoms with E-state index in [-0.39, 0.29) is 0 Å². The first kappa shape index (κ1) is 31.0. The molecule has 0 bridgehead atoms. The lowest BCUT2D eigenvalue weighted by molar-refractivity contribution is 0.743. The first-order valence-corrected chi connectivity index (χ1v) is 19.2. The summed E-state index contributed by atoms with van der Waals surface area (Å²) < 4.78 is 4.75. The van der Waals surface area contributed by atoms with Gasteiger partial charge >= 0.3 is 0 Å². The molecule has 0 atom stereocenters. The first-order valence-electron chi connectivity index (χ1n) is 19.2. The highest BCUT2D eigenvalue weighted by Gasteiger charge is 2.48. The summed E-state index contributed by atoms with van der Waals surface area (Å²) in [5, 5.41) is 3.70. The lowest BCUT2D eigenvalue weighted by atomic mass is 9.69. The van der Waals surface area contributed by atoms with Crippen molar-refractivity contribution in [2.45, 2.75) is 5.41 Å². The van der Waals surface area contributed by atoms with Gasteiger partial charge in [-0.25, -0.2) is 0 Å². The Kier molecular flexibility index (Phi) is 6.52. The molecule has 1 aliphatic carbocycles. The number of fused-ring (bicyclic) bond motifs is 10. The van der Waals surface area contributed by atoms with E-state index in [4.69, 9.17) is 4.98 Å². The minimum atomic E-state index is -0.469. The lowest BCUT2D eigenvalue weighted by Gasteiger charge is -2.32. The maximum absolute atomic E-state index is 4.72. The Morgan fingerprint density at radius 3 is 1.66 bits per heavy atom. The minimum Gasteiger partial charge on any atom is -0.363 e. The third kappa shape index (κ3) is 4.15. The lowest BCUT2D eigenvalue weighted by Crippen LogP contribution is -2.29. The topological polar surface area (TPSA) is 38.5 Å². The molecule has 4 heterocycles. The number of aromatic nitrogens is 4. The number of H-pyrrole nitrogens is 1. The van der Waals surface area contributed by atoms with E-state index in [9.17, 15) is 0 Å². The summed E-state index contributed by atoms with van der Waals surface area (Å²) in [5.41, 5.74) is 17.5. The van der Waals surface area contributed by atoms with E-state index in [1.807, 2.05) is 12.3 Å². The van der Waals surface area contributed by atoms with Crippen molar-refractivity contribution in [3.63, 3.8) is 0 Å². The number of para-hydroxylation sites is 2.